The van der Waals surface area contributed by atoms with E-state index < -0.39 is 0 Å². The molecule has 0 radical (unpaired) electrons. The Hall–Kier alpha value is -9.70. The first kappa shape index (κ1) is 40.6. The van der Waals surface area contributed by atoms with Crippen molar-refractivity contribution in [2.45, 2.75) is 0 Å². The van der Waals surface area contributed by atoms with E-state index in [9.17, 15) is 5.26 Å². The zero-order chi connectivity index (χ0) is 46.7. The molecule has 0 unspecified atom stereocenters. The second-order valence-corrected chi connectivity index (χ2v) is 17.6. The van der Waals surface area contributed by atoms with Crippen molar-refractivity contribution in [1.82, 2.24) is 9.13 Å². The molecule has 6 nitrogen and oxygen atoms in total. The molecule has 0 atom stereocenters. The summed E-state index contributed by atoms with van der Waals surface area (Å²) in [6.07, 6.45) is 1.40. The summed E-state index contributed by atoms with van der Waals surface area (Å²) in [5.74, 6) is 0. The molecule has 328 valence electrons. The van der Waals surface area contributed by atoms with Crippen molar-refractivity contribution in [2.75, 3.05) is 9.80 Å². The van der Waals surface area contributed by atoms with E-state index >= 15 is 0 Å². The molecule has 0 bridgehead atoms. The van der Waals surface area contributed by atoms with Gasteiger partial charge in [0.05, 0.1) is 33.3 Å². The quantitative estimate of drug-likeness (QED) is 0.147. The van der Waals surface area contributed by atoms with Gasteiger partial charge in [0.1, 0.15) is 6.07 Å². The third-order valence-electron chi connectivity index (χ3n) is 13.7. The minimum Gasteiger partial charge on any atom is -0.310 e. The summed E-state index contributed by atoms with van der Waals surface area (Å²) in [4.78, 5) is 4.58. The minimum absolute atomic E-state index is 0.467. The standard InChI is InChI=1S/C64H42N6/c65-41-45-37-53(69-58-35-31-51(67(47-19-5-1-6-20-47)48-21-7-2-8-22-48)39-56(58)62-54-27-15-13-17-43(54)29-33-60(62)69)38-46(42-66)64(45)70-59-36-32-52(68(49-23-9-3-10-24-49)50-25-11-4-12-26-50)40-57(59)63-55-28-16-14-18-44(55)30-34-61(63)70/h1-41,65H. The number of hydrogen-bond acceptors (Lipinski definition) is 4. The number of rotatable bonds is 9. The van der Waals surface area contributed by atoms with Crippen LogP contribution >= 0.6 is 0 Å². The average Bonchev–Trinajstić information content (AvgIpc) is 3.94. The maximum atomic E-state index is 11.4. The molecule has 0 aliphatic heterocycles. The molecular weight excluding hydrogens is 853 g/mol. The van der Waals surface area contributed by atoms with Gasteiger partial charge in [0, 0.05) is 73.1 Å². The van der Waals surface area contributed by atoms with Crippen molar-refractivity contribution >= 4 is 105 Å². The van der Waals surface area contributed by atoms with Crippen LogP contribution in [0.5, 0.6) is 0 Å². The van der Waals surface area contributed by atoms with Crippen LogP contribution in [0.2, 0.25) is 0 Å². The van der Waals surface area contributed by atoms with Gasteiger partial charge in [-0.05, 0) is 131 Å². The molecule has 2 heterocycles. The van der Waals surface area contributed by atoms with Crippen molar-refractivity contribution in [3.05, 3.63) is 254 Å². The Kier molecular flexibility index (Phi) is 9.60. The van der Waals surface area contributed by atoms with Gasteiger partial charge in [-0.3, -0.25) is 0 Å². The Morgan fingerprint density at radius 3 is 1.21 bits per heavy atom. The molecule has 0 aliphatic rings. The second kappa shape index (κ2) is 16.6. The van der Waals surface area contributed by atoms with E-state index in [1.165, 1.54) is 6.21 Å². The van der Waals surface area contributed by atoms with Gasteiger partial charge in [0.15, 0.2) is 0 Å². The van der Waals surface area contributed by atoms with Crippen LogP contribution in [0, 0.1) is 16.7 Å². The summed E-state index contributed by atoms with van der Waals surface area (Å²) >= 11 is 0. The van der Waals surface area contributed by atoms with E-state index in [1.807, 2.05) is 30.3 Å². The van der Waals surface area contributed by atoms with Crippen molar-refractivity contribution in [1.29, 1.82) is 10.7 Å². The first-order chi connectivity index (χ1) is 34.7. The van der Waals surface area contributed by atoms with E-state index in [1.54, 1.807) is 0 Å². The number of benzene rings is 11. The van der Waals surface area contributed by atoms with Gasteiger partial charge < -0.3 is 24.3 Å². The Bertz CT molecular complexity index is 4130. The fourth-order valence-electron chi connectivity index (χ4n) is 10.8. The molecule has 0 amide bonds. The average molecular weight is 895 g/mol. The van der Waals surface area contributed by atoms with Crippen LogP contribution < -0.4 is 9.80 Å². The van der Waals surface area contributed by atoms with E-state index in [2.05, 4.69) is 237 Å². The van der Waals surface area contributed by atoms with E-state index in [0.29, 0.717) is 16.8 Å². The van der Waals surface area contributed by atoms with Gasteiger partial charge in [-0.2, -0.15) is 5.26 Å². The number of fused-ring (bicyclic) bond motifs is 10. The van der Waals surface area contributed by atoms with Crippen molar-refractivity contribution in [3.63, 3.8) is 0 Å². The monoisotopic (exact) mass is 894 g/mol. The smallest absolute Gasteiger partial charge is 0.101 e. The topological polar surface area (TPSA) is 64.0 Å². The number of nitriles is 1. The summed E-state index contributed by atoms with van der Waals surface area (Å²) in [6, 6.07) is 87.6. The number of hydrogen-bond donors (Lipinski definition) is 1. The van der Waals surface area contributed by atoms with E-state index in [0.717, 1.165) is 105 Å². The van der Waals surface area contributed by atoms with Crippen molar-refractivity contribution < 1.29 is 0 Å². The lowest BCUT2D eigenvalue weighted by atomic mass is 10.0. The van der Waals surface area contributed by atoms with Crippen LogP contribution in [-0.4, -0.2) is 15.3 Å². The second-order valence-electron chi connectivity index (χ2n) is 17.6. The maximum absolute atomic E-state index is 11.4. The summed E-state index contributed by atoms with van der Waals surface area (Å²) in [5, 5.41) is 29.4. The molecule has 0 spiro atoms. The molecule has 13 rings (SSSR count). The SMILES string of the molecule is N#Cc1cc(-n2c3ccc(N(c4ccccc4)c4ccccc4)cc3c3c4ccccc4ccc32)cc(C=N)c1-n1c2ccc(N(c3ccccc3)c3ccccc3)cc2c2c3ccccc3ccc21. The Labute approximate surface area is 404 Å². The number of para-hydroxylation sites is 4. The summed E-state index contributed by atoms with van der Waals surface area (Å²) in [5.41, 5.74) is 12.8. The lowest BCUT2D eigenvalue weighted by Gasteiger charge is -2.25. The molecule has 6 heteroatoms. The predicted octanol–water partition coefficient (Wildman–Crippen LogP) is 17.0. The third kappa shape index (κ3) is 6.45. The highest BCUT2D eigenvalue weighted by molar-refractivity contribution is 6.23. The largest absolute Gasteiger partial charge is 0.310 e. The lowest BCUT2D eigenvalue weighted by Crippen LogP contribution is -2.09. The first-order valence-corrected chi connectivity index (χ1v) is 23.5. The molecule has 13 aromatic rings. The lowest BCUT2D eigenvalue weighted by molar-refractivity contribution is 1.13. The van der Waals surface area contributed by atoms with Gasteiger partial charge in [-0.1, -0.05) is 133 Å². The molecule has 70 heavy (non-hydrogen) atoms. The molecule has 2 aromatic heterocycles. The molecule has 0 saturated heterocycles. The highest BCUT2D eigenvalue weighted by Gasteiger charge is 2.24. The van der Waals surface area contributed by atoms with Gasteiger partial charge >= 0.3 is 0 Å². The van der Waals surface area contributed by atoms with Crippen LogP contribution in [0.3, 0.4) is 0 Å². The molecule has 11 aromatic carbocycles. The fraction of sp³-hybridized carbons (Fsp3) is 0. The van der Waals surface area contributed by atoms with Crippen molar-refractivity contribution in [3.8, 4) is 17.4 Å². The Balaban J connectivity index is 1.05. The Morgan fingerprint density at radius 1 is 0.371 bits per heavy atom. The number of aromatic nitrogens is 2. The maximum Gasteiger partial charge on any atom is 0.101 e. The normalized spacial score (nSPS) is 11.5. The molecule has 0 saturated carbocycles. The van der Waals surface area contributed by atoms with Gasteiger partial charge in [0.2, 0.25) is 0 Å². The van der Waals surface area contributed by atoms with Crippen LogP contribution in [0.4, 0.5) is 34.1 Å². The van der Waals surface area contributed by atoms with E-state index in [-0.39, 0.29) is 0 Å². The van der Waals surface area contributed by atoms with Crippen LogP contribution in [0.15, 0.2) is 243 Å². The zero-order valence-electron chi connectivity index (χ0n) is 37.9. The fourth-order valence-corrected chi connectivity index (χ4v) is 10.8. The highest BCUT2D eigenvalue weighted by atomic mass is 15.1. The molecule has 1 N–H and O–H groups in total. The highest BCUT2D eigenvalue weighted by Crippen LogP contribution is 2.45. The zero-order valence-corrected chi connectivity index (χ0v) is 37.9. The van der Waals surface area contributed by atoms with Crippen molar-refractivity contribution in [2.24, 2.45) is 0 Å². The molecule has 0 aliphatic carbocycles. The number of nitrogens with one attached hydrogen (secondary N) is 1. The Morgan fingerprint density at radius 2 is 0.771 bits per heavy atom. The summed E-state index contributed by atoms with van der Waals surface area (Å²) in [6.45, 7) is 0. The van der Waals surface area contributed by atoms with Crippen LogP contribution in [-0.2, 0) is 0 Å². The third-order valence-corrected chi connectivity index (χ3v) is 13.7. The number of anilines is 6. The van der Waals surface area contributed by atoms with Gasteiger partial charge in [-0.25, -0.2) is 0 Å². The minimum atomic E-state index is 0.467. The summed E-state index contributed by atoms with van der Waals surface area (Å²) in [7, 11) is 0. The van der Waals surface area contributed by atoms with E-state index in [4.69, 9.17) is 5.41 Å². The van der Waals surface area contributed by atoms with Crippen LogP contribution in [0.1, 0.15) is 11.1 Å². The summed E-state index contributed by atoms with van der Waals surface area (Å²) < 4.78 is 4.47. The van der Waals surface area contributed by atoms with Gasteiger partial charge in [-0.15, -0.1) is 0 Å². The van der Waals surface area contributed by atoms with Crippen LogP contribution in [0.25, 0.3) is 76.5 Å². The first-order valence-electron chi connectivity index (χ1n) is 23.5. The van der Waals surface area contributed by atoms with Gasteiger partial charge in [0.25, 0.3) is 0 Å². The predicted molar refractivity (Wildman–Crippen MR) is 292 cm³/mol. The number of nitrogens with zero attached hydrogens (tertiary/aromatic N) is 5. The molecular formula is C64H42N6. The molecule has 0 fully saturated rings.